The number of nitrogens with one attached hydrogen (secondary N) is 1. The lowest BCUT2D eigenvalue weighted by Crippen LogP contribution is -2.38. The van der Waals surface area contributed by atoms with Crippen LogP contribution >= 0.6 is 11.6 Å². The van der Waals surface area contributed by atoms with E-state index >= 15 is 0 Å². The normalized spacial score (nSPS) is 11.1. The van der Waals surface area contributed by atoms with Gasteiger partial charge in [0.1, 0.15) is 11.3 Å². The van der Waals surface area contributed by atoms with Gasteiger partial charge in [-0.15, -0.1) is 0 Å². The minimum absolute atomic E-state index is 0.0532. The summed E-state index contributed by atoms with van der Waals surface area (Å²) in [5.74, 6) is -3.95. The molecule has 11 nitrogen and oxygen atoms in total. The number of carbonyl (C=O) groups excluding carboxylic acids is 1. The molecule has 2 N–H and O–H groups in total. The summed E-state index contributed by atoms with van der Waals surface area (Å²) in [4.78, 5) is 41.3. The Morgan fingerprint density at radius 3 is 2.41 bits per heavy atom. The number of halogens is 3. The summed E-state index contributed by atoms with van der Waals surface area (Å²) in [7, 11) is 1.36. The van der Waals surface area contributed by atoms with Gasteiger partial charge in [-0.25, -0.2) is 23.4 Å². The van der Waals surface area contributed by atoms with Crippen LogP contribution < -0.4 is 10.1 Å². The Hall–Kier alpha value is -4.52. The summed E-state index contributed by atoms with van der Waals surface area (Å²) < 4.78 is 38.4. The maximum Gasteiger partial charge on any atom is 0.410 e. The van der Waals surface area contributed by atoms with Crippen LogP contribution in [0.2, 0.25) is 5.02 Å². The topological polar surface area (TPSA) is 144 Å². The first-order valence-corrected chi connectivity index (χ1v) is 12.5. The number of hydrogen-bond acceptors (Lipinski definition) is 8. The van der Waals surface area contributed by atoms with E-state index in [4.69, 9.17) is 21.1 Å². The zero-order chi connectivity index (χ0) is 30.5. The number of nitrogens with zero attached hydrogens (tertiary/aromatic N) is 3. The van der Waals surface area contributed by atoms with E-state index in [0.29, 0.717) is 17.7 Å². The Labute approximate surface area is 238 Å². The van der Waals surface area contributed by atoms with Crippen LogP contribution in [-0.4, -0.2) is 51.2 Å². The number of nitro groups is 1. The number of methoxy groups -OCH3 is 1. The van der Waals surface area contributed by atoms with Gasteiger partial charge in [0, 0.05) is 41.9 Å². The highest BCUT2D eigenvalue weighted by molar-refractivity contribution is 6.30. The van der Waals surface area contributed by atoms with Crippen LogP contribution in [0.15, 0.2) is 42.5 Å². The van der Waals surface area contributed by atoms with Crippen molar-refractivity contribution in [1.82, 2.24) is 9.88 Å². The number of ether oxygens (including phenoxy) is 2. The van der Waals surface area contributed by atoms with Crippen molar-refractivity contribution in [3.8, 4) is 5.88 Å². The highest BCUT2D eigenvalue weighted by Crippen LogP contribution is 2.30. The Bertz CT molecular complexity index is 1480. The summed E-state index contributed by atoms with van der Waals surface area (Å²) >= 11 is 6.21. The van der Waals surface area contributed by atoms with Crippen molar-refractivity contribution in [2.75, 3.05) is 19.0 Å². The maximum atomic E-state index is 14.0. The highest BCUT2D eigenvalue weighted by atomic mass is 35.5. The van der Waals surface area contributed by atoms with Gasteiger partial charge < -0.3 is 24.8 Å². The second-order valence-electron chi connectivity index (χ2n) is 9.77. The highest BCUT2D eigenvalue weighted by Gasteiger charge is 2.26. The lowest BCUT2D eigenvalue weighted by Gasteiger charge is -2.28. The molecular weight excluding hydrogens is 566 g/mol. The van der Waals surface area contributed by atoms with Crippen LogP contribution in [0.5, 0.6) is 5.88 Å². The standard InChI is InChI=1S/C27H27ClF2N4O7/c1-27(2,3)41-26(37)33(10-9-21-23(34(38)39)7-8-24(32-21)40-4)14-15-11-16(28)5-6-20(15)31-22-13-19(30)18(29)12-17(22)25(35)36/h5-8,11-13,31H,9-10,14H2,1-4H3,(H,35,36). The first-order valence-electron chi connectivity index (χ1n) is 12.1. The number of aromatic carboxylic acids is 1. The van der Waals surface area contributed by atoms with Gasteiger partial charge in [-0.2, -0.15) is 0 Å². The minimum atomic E-state index is -1.50. The predicted octanol–water partition coefficient (Wildman–Crippen LogP) is 6.35. The molecule has 1 amide bonds. The number of amides is 1. The van der Waals surface area contributed by atoms with E-state index < -0.39 is 39.8 Å². The molecule has 0 atom stereocenters. The van der Waals surface area contributed by atoms with Crippen molar-refractivity contribution in [1.29, 1.82) is 0 Å². The minimum Gasteiger partial charge on any atom is -0.481 e. The van der Waals surface area contributed by atoms with Crippen molar-refractivity contribution in [2.45, 2.75) is 39.3 Å². The van der Waals surface area contributed by atoms with Crippen LogP contribution in [0.4, 0.5) is 30.6 Å². The summed E-state index contributed by atoms with van der Waals surface area (Å²) in [5, 5.41) is 24.1. The maximum absolute atomic E-state index is 14.0. The molecule has 0 saturated carbocycles. The monoisotopic (exact) mass is 592 g/mol. The van der Waals surface area contributed by atoms with Crippen molar-refractivity contribution in [3.05, 3.63) is 86.1 Å². The van der Waals surface area contributed by atoms with Gasteiger partial charge in [-0.3, -0.25) is 10.1 Å². The Morgan fingerprint density at radius 1 is 1.12 bits per heavy atom. The van der Waals surface area contributed by atoms with Gasteiger partial charge in [0.15, 0.2) is 11.6 Å². The van der Waals surface area contributed by atoms with Crippen molar-refractivity contribution < 1.29 is 37.9 Å². The zero-order valence-corrected chi connectivity index (χ0v) is 23.3. The fourth-order valence-corrected chi connectivity index (χ4v) is 3.93. The smallest absolute Gasteiger partial charge is 0.410 e. The van der Waals surface area contributed by atoms with Gasteiger partial charge in [-0.1, -0.05) is 11.6 Å². The van der Waals surface area contributed by atoms with Crippen LogP contribution in [0.1, 0.15) is 42.4 Å². The molecular formula is C27H27ClF2N4O7. The lowest BCUT2D eigenvalue weighted by molar-refractivity contribution is -0.386. The quantitative estimate of drug-likeness (QED) is 0.203. The van der Waals surface area contributed by atoms with E-state index in [1.807, 2.05) is 0 Å². The number of aromatic nitrogens is 1. The van der Waals surface area contributed by atoms with E-state index in [1.165, 1.54) is 42.3 Å². The van der Waals surface area contributed by atoms with Crippen molar-refractivity contribution in [2.24, 2.45) is 0 Å². The Balaban J connectivity index is 2.00. The SMILES string of the molecule is COc1ccc([N+](=O)[O-])c(CCN(Cc2cc(Cl)ccc2Nc2cc(F)c(F)cc2C(=O)O)C(=O)OC(C)(C)C)n1. The number of benzene rings is 2. The predicted molar refractivity (Wildman–Crippen MR) is 146 cm³/mol. The van der Waals surface area contributed by atoms with Crippen LogP contribution in [0, 0.1) is 21.7 Å². The molecule has 0 aliphatic heterocycles. The molecule has 1 aromatic heterocycles. The average Bonchev–Trinajstić information content (AvgIpc) is 2.88. The van der Waals surface area contributed by atoms with E-state index in [0.717, 1.165) is 0 Å². The largest absolute Gasteiger partial charge is 0.481 e. The van der Waals surface area contributed by atoms with E-state index in [2.05, 4.69) is 10.3 Å². The average molecular weight is 593 g/mol. The number of carboxylic acid groups (broad SMARTS) is 1. The van der Waals surface area contributed by atoms with Gasteiger partial charge in [0.2, 0.25) is 5.88 Å². The molecule has 0 aliphatic carbocycles. The van der Waals surface area contributed by atoms with Crippen LogP contribution in [0.3, 0.4) is 0 Å². The molecule has 2 aromatic carbocycles. The van der Waals surface area contributed by atoms with Gasteiger partial charge in [0.05, 0.1) is 29.8 Å². The summed E-state index contributed by atoms with van der Waals surface area (Å²) in [6, 6.07) is 8.31. The van der Waals surface area contributed by atoms with Gasteiger partial charge in [0.25, 0.3) is 5.69 Å². The third-order valence-electron chi connectivity index (χ3n) is 5.59. The van der Waals surface area contributed by atoms with Crippen LogP contribution in [-0.2, 0) is 17.7 Å². The third-order valence-corrected chi connectivity index (χ3v) is 5.82. The Morgan fingerprint density at radius 2 is 1.80 bits per heavy atom. The Kier molecular flexibility index (Phi) is 9.66. The molecule has 0 unspecified atom stereocenters. The molecule has 0 radical (unpaired) electrons. The van der Waals surface area contributed by atoms with Gasteiger partial charge >= 0.3 is 12.1 Å². The van der Waals surface area contributed by atoms with Crippen LogP contribution in [0.25, 0.3) is 0 Å². The molecule has 0 bridgehead atoms. The van der Waals surface area contributed by atoms with E-state index in [-0.39, 0.29) is 53.2 Å². The number of rotatable bonds is 10. The fraction of sp³-hybridized carbons (Fsp3) is 0.296. The molecule has 0 spiro atoms. The molecule has 3 rings (SSSR count). The molecule has 41 heavy (non-hydrogen) atoms. The molecule has 0 aliphatic rings. The number of carbonyl (C=O) groups is 2. The number of pyridine rings is 1. The van der Waals surface area contributed by atoms with Crippen molar-refractivity contribution >= 4 is 40.7 Å². The molecule has 1 heterocycles. The van der Waals surface area contributed by atoms with Gasteiger partial charge in [-0.05, 0) is 50.6 Å². The molecule has 0 saturated heterocycles. The fourth-order valence-electron chi connectivity index (χ4n) is 3.73. The number of hydrogen-bond donors (Lipinski definition) is 2. The number of anilines is 2. The third kappa shape index (κ3) is 8.24. The summed E-state index contributed by atoms with van der Waals surface area (Å²) in [5.41, 5.74) is -1.24. The number of carboxylic acids is 1. The molecule has 218 valence electrons. The second-order valence-corrected chi connectivity index (χ2v) is 10.2. The molecule has 0 fully saturated rings. The molecule has 14 heteroatoms. The first kappa shape index (κ1) is 31.0. The lowest BCUT2D eigenvalue weighted by atomic mass is 10.1. The van der Waals surface area contributed by atoms with E-state index in [1.54, 1.807) is 20.8 Å². The summed E-state index contributed by atoms with van der Waals surface area (Å²) in [6.07, 6.45) is -0.810. The zero-order valence-electron chi connectivity index (χ0n) is 22.5. The first-order chi connectivity index (χ1) is 19.2. The second kappa shape index (κ2) is 12.8. The van der Waals surface area contributed by atoms with E-state index in [9.17, 15) is 33.6 Å². The van der Waals surface area contributed by atoms with Crippen molar-refractivity contribution in [3.63, 3.8) is 0 Å². The molecule has 3 aromatic rings. The summed E-state index contributed by atoms with van der Waals surface area (Å²) in [6.45, 7) is 4.75.